The van der Waals surface area contributed by atoms with E-state index in [2.05, 4.69) is 52.4 Å². The summed E-state index contributed by atoms with van der Waals surface area (Å²) in [7, 11) is 2.06. The molecule has 114 valence electrons. The number of rotatable bonds is 3. The number of hydrogen-bond acceptors (Lipinski definition) is 4. The molecular weight excluding hydrogens is 268 g/mol. The third-order valence-corrected chi connectivity index (χ3v) is 5.61. The standard InChI is InChI=1S/C16H28N2OS/c1-7-15(5)11-16(17-6,8-9-19-15)13-18-12(10-20-13)14(2,3)4/h10,17H,7-9,11H2,1-6H3. The van der Waals surface area contributed by atoms with Gasteiger partial charge in [-0.15, -0.1) is 11.3 Å². The summed E-state index contributed by atoms with van der Waals surface area (Å²) >= 11 is 1.79. The lowest BCUT2D eigenvalue weighted by molar-refractivity contribution is -0.102. The molecule has 2 atom stereocenters. The summed E-state index contributed by atoms with van der Waals surface area (Å²) in [5.41, 5.74) is 1.23. The Bertz CT molecular complexity index is 465. The van der Waals surface area contributed by atoms with E-state index in [1.54, 1.807) is 11.3 Å². The summed E-state index contributed by atoms with van der Waals surface area (Å²) in [6.45, 7) is 11.9. The van der Waals surface area contributed by atoms with Crippen molar-refractivity contribution in [2.24, 2.45) is 0 Å². The molecule has 0 bridgehead atoms. The van der Waals surface area contributed by atoms with Gasteiger partial charge in [0.05, 0.1) is 16.8 Å². The molecule has 0 saturated carbocycles. The highest BCUT2D eigenvalue weighted by atomic mass is 32.1. The van der Waals surface area contributed by atoms with Gasteiger partial charge >= 0.3 is 0 Å². The molecule has 3 nitrogen and oxygen atoms in total. The summed E-state index contributed by atoms with van der Waals surface area (Å²) in [4.78, 5) is 4.95. The van der Waals surface area contributed by atoms with Crippen molar-refractivity contribution in [1.29, 1.82) is 0 Å². The van der Waals surface area contributed by atoms with Gasteiger partial charge in [-0.3, -0.25) is 0 Å². The lowest BCUT2D eigenvalue weighted by atomic mass is 9.79. The van der Waals surface area contributed by atoms with Gasteiger partial charge in [-0.25, -0.2) is 4.98 Å². The van der Waals surface area contributed by atoms with E-state index in [1.807, 2.05) is 0 Å². The van der Waals surface area contributed by atoms with Gasteiger partial charge in [0.1, 0.15) is 5.01 Å². The Morgan fingerprint density at radius 3 is 2.65 bits per heavy atom. The first-order valence-electron chi connectivity index (χ1n) is 7.54. The van der Waals surface area contributed by atoms with Crippen LogP contribution in [0.2, 0.25) is 0 Å². The van der Waals surface area contributed by atoms with Crippen molar-refractivity contribution in [2.45, 2.75) is 70.4 Å². The van der Waals surface area contributed by atoms with Crippen LogP contribution in [0.5, 0.6) is 0 Å². The average Bonchev–Trinajstić information content (AvgIpc) is 2.89. The molecule has 0 aliphatic carbocycles. The van der Waals surface area contributed by atoms with Gasteiger partial charge in [-0.1, -0.05) is 27.7 Å². The molecule has 0 radical (unpaired) electrons. The zero-order valence-electron chi connectivity index (χ0n) is 13.7. The molecule has 1 fully saturated rings. The second kappa shape index (κ2) is 5.39. The number of aromatic nitrogens is 1. The highest BCUT2D eigenvalue weighted by Crippen LogP contribution is 2.42. The second-order valence-corrected chi connectivity index (χ2v) is 8.06. The predicted molar refractivity (Wildman–Crippen MR) is 85.4 cm³/mol. The van der Waals surface area contributed by atoms with Crippen LogP contribution in [-0.2, 0) is 15.7 Å². The Balaban J connectivity index is 2.34. The molecular formula is C16H28N2OS. The predicted octanol–water partition coefficient (Wildman–Crippen LogP) is 3.83. The molecule has 0 aromatic carbocycles. The molecule has 0 spiro atoms. The van der Waals surface area contributed by atoms with E-state index < -0.39 is 0 Å². The number of ether oxygens (including phenoxy) is 1. The smallest absolute Gasteiger partial charge is 0.113 e. The van der Waals surface area contributed by atoms with Crippen molar-refractivity contribution in [3.8, 4) is 0 Å². The van der Waals surface area contributed by atoms with Crippen LogP contribution in [-0.4, -0.2) is 24.2 Å². The van der Waals surface area contributed by atoms with Crippen molar-refractivity contribution in [1.82, 2.24) is 10.3 Å². The largest absolute Gasteiger partial charge is 0.375 e. The Kier molecular flexibility index (Phi) is 4.30. The molecule has 20 heavy (non-hydrogen) atoms. The first kappa shape index (κ1) is 15.9. The maximum absolute atomic E-state index is 6.00. The van der Waals surface area contributed by atoms with Crippen molar-refractivity contribution < 1.29 is 4.74 Å². The first-order valence-corrected chi connectivity index (χ1v) is 8.42. The summed E-state index contributed by atoms with van der Waals surface area (Å²) in [6.07, 6.45) is 3.02. The van der Waals surface area contributed by atoms with E-state index in [-0.39, 0.29) is 16.6 Å². The van der Waals surface area contributed by atoms with Gasteiger partial charge in [0.2, 0.25) is 0 Å². The maximum Gasteiger partial charge on any atom is 0.113 e. The third-order valence-electron chi connectivity index (χ3n) is 4.56. The molecule has 1 N–H and O–H groups in total. The monoisotopic (exact) mass is 296 g/mol. The van der Waals surface area contributed by atoms with Crippen molar-refractivity contribution in [3.63, 3.8) is 0 Å². The van der Waals surface area contributed by atoms with Crippen LogP contribution < -0.4 is 5.32 Å². The van der Waals surface area contributed by atoms with Crippen molar-refractivity contribution >= 4 is 11.3 Å². The van der Waals surface area contributed by atoms with Crippen molar-refractivity contribution in [2.75, 3.05) is 13.7 Å². The molecule has 1 saturated heterocycles. The molecule has 1 aromatic rings. The van der Waals surface area contributed by atoms with Gasteiger partial charge in [0.25, 0.3) is 0 Å². The first-order chi connectivity index (χ1) is 9.25. The van der Waals surface area contributed by atoms with Crippen LogP contribution in [0, 0.1) is 0 Å². The van der Waals surface area contributed by atoms with Gasteiger partial charge in [0.15, 0.2) is 0 Å². The second-order valence-electron chi connectivity index (χ2n) is 7.20. The normalized spacial score (nSPS) is 31.5. The molecule has 1 aliphatic heterocycles. The van der Waals surface area contributed by atoms with E-state index in [0.717, 1.165) is 25.9 Å². The number of nitrogens with one attached hydrogen (secondary N) is 1. The van der Waals surface area contributed by atoms with Crippen LogP contribution >= 0.6 is 11.3 Å². The number of hydrogen-bond donors (Lipinski definition) is 1. The number of nitrogens with zero attached hydrogens (tertiary/aromatic N) is 1. The summed E-state index contributed by atoms with van der Waals surface area (Å²) < 4.78 is 6.00. The van der Waals surface area contributed by atoms with Crippen LogP contribution in [0.1, 0.15) is 64.6 Å². The van der Waals surface area contributed by atoms with Crippen LogP contribution in [0.25, 0.3) is 0 Å². The molecule has 2 rings (SSSR count). The molecule has 2 unspecified atom stereocenters. The minimum Gasteiger partial charge on any atom is -0.375 e. The lowest BCUT2D eigenvalue weighted by Gasteiger charge is -2.45. The van der Waals surface area contributed by atoms with Gasteiger partial charge in [-0.2, -0.15) is 0 Å². The van der Waals surface area contributed by atoms with Crippen LogP contribution in [0.15, 0.2) is 5.38 Å². The Morgan fingerprint density at radius 2 is 2.15 bits per heavy atom. The summed E-state index contributed by atoms with van der Waals surface area (Å²) in [5, 5.41) is 6.99. The van der Waals surface area contributed by atoms with E-state index in [4.69, 9.17) is 9.72 Å². The topological polar surface area (TPSA) is 34.2 Å². The Labute approximate surface area is 127 Å². The third kappa shape index (κ3) is 2.92. The minimum absolute atomic E-state index is 0.0306. The molecule has 1 aromatic heterocycles. The SMILES string of the molecule is CCC1(C)CC(NC)(c2nc(C(C)(C)C)cs2)CCO1. The minimum atomic E-state index is -0.0468. The van der Waals surface area contributed by atoms with Gasteiger partial charge in [0, 0.05) is 23.8 Å². The fourth-order valence-electron chi connectivity index (χ4n) is 2.82. The quantitative estimate of drug-likeness (QED) is 0.920. The van der Waals surface area contributed by atoms with E-state index >= 15 is 0 Å². The van der Waals surface area contributed by atoms with Gasteiger partial charge in [-0.05, 0) is 26.8 Å². The number of thiazole rings is 1. The van der Waals surface area contributed by atoms with E-state index in [9.17, 15) is 0 Å². The molecule has 0 amide bonds. The zero-order valence-corrected chi connectivity index (χ0v) is 14.5. The Hall–Kier alpha value is -0.450. The van der Waals surface area contributed by atoms with E-state index in [0.29, 0.717) is 0 Å². The molecule has 2 heterocycles. The van der Waals surface area contributed by atoms with E-state index in [1.165, 1.54) is 10.7 Å². The molecule has 4 heteroatoms. The highest BCUT2D eigenvalue weighted by Gasteiger charge is 2.44. The summed E-state index contributed by atoms with van der Waals surface area (Å²) in [6, 6.07) is 0. The lowest BCUT2D eigenvalue weighted by Crippen LogP contribution is -2.52. The fourth-order valence-corrected chi connectivity index (χ4v) is 4.10. The van der Waals surface area contributed by atoms with Crippen molar-refractivity contribution in [3.05, 3.63) is 16.1 Å². The molecule has 1 aliphatic rings. The summed E-state index contributed by atoms with van der Waals surface area (Å²) in [5.74, 6) is 0. The van der Waals surface area contributed by atoms with Gasteiger partial charge < -0.3 is 10.1 Å². The zero-order chi connectivity index (χ0) is 15.0. The van der Waals surface area contributed by atoms with Crippen LogP contribution in [0.4, 0.5) is 0 Å². The maximum atomic E-state index is 6.00. The fraction of sp³-hybridized carbons (Fsp3) is 0.812. The Morgan fingerprint density at radius 1 is 1.45 bits per heavy atom. The average molecular weight is 296 g/mol. The highest BCUT2D eigenvalue weighted by molar-refractivity contribution is 7.09. The van der Waals surface area contributed by atoms with Crippen LogP contribution in [0.3, 0.4) is 0 Å².